The van der Waals surface area contributed by atoms with Crippen molar-refractivity contribution < 1.29 is 14.3 Å². The van der Waals surface area contributed by atoms with E-state index >= 15 is 0 Å². The maximum atomic E-state index is 13.3. The number of carbonyl (C=O) groups excluding carboxylic acids is 2. The van der Waals surface area contributed by atoms with Gasteiger partial charge >= 0.3 is 0 Å². The molecule has 2 aliphatic heterocycles. The lowest BCUT2D eigenvalue weighted by Crippen LogP contribution is -2.60. The Morgan fingerprint density at radius 3 is 2.23 bits per heavy atom. The third-order valence-electron chi connectivity index (χ3n) is 7.96. The van der Waals surface area contributed by atoms with E-state index in [1.807, 2.05) is 24.3 Å². The number of hydrogen-bond acceptors (Lipinski definition) is 5. The molecule has 4 fully saturated rings. The fourth-order valence-corrected chi connectivity index (χ4v) is 5.88. The topological polar surface area (TPSA) is 83.6 Å². The van der Waals surface area contributed by atoms with E-state index in [9.17, 15) is 9.59 Å². The number of anilines is 1. The van der Waals surface area contributed by atoms with Gasteiger partial charge in [0.05, 0.1) is 5.56 Å². The van der Waals surface area contributed by atoms with Gasteiger partial charge in [-0.05, 0) is 94.2 Å². The van der Waals surface area contributed by atoms with Crippen molar-refractivity contribution >= 4 is 29.2 Å². The quantitative estimate of drug-likeness (QED) is 0.601. The molecule has 7 nitrogen and oxygen atoms in total. The lowest BCUT2D eigenvalue weighted by molar-refractivity contribution is -0.145. The largest absolute Gasteiger partial charge is 0.477 e. The number of nitrogens with zero attached hydrogens (tertiary/aromatic N) is 2. The Morgan fingerprint density at radius 1 is 0.943 bits per heavy atom. The van der Waals surface area contributed by atoms with Crippen molar-refractivity contribution in [3.8, 4) is 5.75 Å². The molecule has 3 atom stereocenters. The highest BCUT2D eigenvalue weighted by atomic mass is 35.5. The number of amides is 2. The van der Waals surface area contributed by atoms with Gasteiger partial charge in [-0.1, -0.05) is 11.6 Å². The number of piperidine rings is 1. The van der Waals surface area contributed by atoms with E-state index in [0.717, 1.165) is 63.6 Å². The summed E-state index contributed by atoms with van der Waals surface area (Å²) in [6.45, 7) is 0. The van der Waals surface area contributed by atoms with Crippen molar-refractivity contribution in [1.29, 1.82) is 0 Å². The average Bonchev–Trinajstić information content (AvgIpc) is 3.60. The fraction of sp³-hybridized carbons (Fsp3) is 0.519. The van der Waals surface area contributed by atoms with Gasteiger partial charge in [0, 0.05) is 35.4 Å². The average molecular weight is 495 g/mol. The second kappa shape index (κ2) is 9.01. The van der Waals surface area contributed by atoms with E-state index in [0.29, 0.717) is 34.5 Å². The molecule has 6 rings (SSSR count). The summed E-state index contributed by atoms with van der Waals surface area (Å²) in [5.41, 5.74) is -0.163. The number of halogens is 1. The van der Waals surface area contributed by atoms with Crippen molar-refractivity contribution in [2.45, 2.75) is 87.6 Å². The Bertz CT molecular complexity index is 1080. The molecule has 0 unspecified atom stereocenters. The van der Waals surface area contributed by atoms with Gasteiger partial charge in [-0.15, -0.1) is 0 Å². The van der Waals surface area contributed by atoms with Crippen LogP contribution in [0.25, 0.3) is 0 Å². The van der Waals surface area contributed by atoms with E-state index in [-0.39, 0.29) is 17.9 Å². The van der Waals surface area contributed by atoms with E-state index in [1.54, 1.807) is 18.3 Å². The van der Waals surface area contributed by atoms with Crippen LogP contribution < -0.4 is 20.3 Å². The molecule has 2 N–H and O–H groups in total. The summed E-state index contributed by atoms with van der Waals surface area (Å²) in [5.74, 6) is 1.56. The summed E-state index contributed by atoms with van der Waals surface area (Å²) in [6, 6.07) is 12.2. The molecule has 8 heteroatoms. The molecule has 1 aromatic heterocycles. The number of nitrogens with one attached hydrogen (secondary N) is 2. The molecule has 0 radical (unpaired) electrons. The molecule has 35 heavy (non-hydrogen) atoms. The minimum Gasteiger partial charge on any atom is -0.477 e. The zero-order valence-corrected chi connectivity index (χ0v) is 20.5. The SMILES string of the molecule is O=C(NC1CC1)c1ccc(N2[C@@H]3CC[C@H]2C[C@@H](NC(=O)C2(Oc4ccc(Cl)cc4)CCC2)C3)nc1. The number of pyridine rings is 1. The molecule has 2 aliphatic carbocycles. The highest BCUT2D eigenvalue weighted by Crippen LogP contribution is 2.41. The van der Waals surface area contributed by atoms with Gasteiger partial charge in [0.2, 0.25) is 0 Å². The first-order chi connectivity index (χ1) is 17.0. The molecular weight excluding hydrogens is 464 g/mol. The molecule has 4 aliphatic rings. The van der Waals surface area contributed by atoms with Gasteiger partial charge in [-0.25, -0.2) is 4.98 Å². The molecule has 2 bridgehead atoms. The number of benzene rings is 1. The van der Waals surface area contributed by atoms with E-state index in [2.05, 4.69) is 20.5 Å². The molecule has 3 heterocycles. The van der Waals surface area contributed by atoms with E-state index in [1.165, 1.54) is 0 Å². The lowest BCUT2D eigenvalue weighted by Gasteiger charge is -2.44. The van der Waals surface area contributed by atoms with Gasteiger partial charge in [0.15, 0.2) is 5.60 Å². The molecular formula is C27H31ClN4O3. The van der Waals surface area contributed by atoms with Gasteiger partial charge in [0.25, 0.3) is 11.8 Å². The number of hydrogen-bond donors (Lipinski definition) is 2. The Kier molecular flexibility index (Phi) is 5.83. The molecule has 2 saturated heterocycles. The Labute approximate surface area is 210 Å². The van der Waals surface area contributed by atoms with E-state index < -0.39 is 5.60 Å². The fourth-order valence-electron chi connectivity index (χ4n) is 5.76. The third kappa shape index (κ3) is 4.58. The van der Waals surface area contributed by atoms with Crippen molar-refractivity contribution in [3.63, 3.8) is 0 Å². The highest BCUT2D eigenvalue weighted by molar-refractivity contribution is 6.30. The van der Waals surface area contributed by atoms with Crippen LogP contribution in [0.1, 0.15) is 68.1 Å². The van der Waals surface area contributed by atoms with Crippen molar-refractivity contribution in [3.05, 3.63) is 53.2 Å². The molecule has 184 valence electrons. The third-order valence-corrected chi connectivity index (χ3v) is 8.21. The number of carbonyl (C=O) groups is 2. The number of aromatic nitrogens is 1. The summed E-state index contributed by atoms with van der Waals surface area (Å²) in [4.78, 5) is 32.7. The van der Waals surface area contributed by atoms with Crippen LogP contribution in [0.5, 0.6) is 5.75 Å². The van der Waals surface area contributed by atoms with Crippen molar-refractivity contribution in [1.82, 2.24) is 15.6 Å². The van der Waals surface area contributed by atoms with Crippen LogP contribution in [0.4, 0.5) is 5.82 Å². The standard InChI is InChI=1S/C27H31ClN4O3/c28-18-3-9-23(10-4-18)35-27(12-1-13-27)26(34)31-20-14-21-7-8-22(15-20)32(21)24-11-2-17(16-29-24)25(33)30-19-5-6-19/h2-4,9-11,16,19-22H,1,5-8,12-15H2,(H,30,33)(H,31,34)/t20-,21+,22-. The normalized spacial score (nSPS) is 26.5. The summed E-state index contributed by atoms with van der Waals surface area (Å²) in [7, 11) is 0. The maximum Gasteiger partial charge on any atom is 0.264 e. The Morgan fingerprint density at radius 2 is 1.66 bits per heavy atom. The Hall–Kier alpha value is -2.80. The second-order valence-electron chi connectivity index (χ2n) is 10.5. The van der Waals surface area contributed by atoms with Crippen LogP contribution in [0, 0.1) is 0 Å². The molecule has 0 spiro atoms. The van der Waals surface area contributed by atoms with Crippen LogP contribution in [0.3, 0.4) is 0 Å². The highest BCUT2D eigenvalue weighted by Gasteiger charge is 2.49. The van der Waals surface area contributed by atoms with Crippen LogP contribution in [0.15, 0.2) is 42.6 Å². The minimum absolute atomic E-state index is 0.000651. The van der Waals surface area contributed by atoms with Gasteiger partial charge in [-0.2, -0.15) is 0 Å². The predicted octanol–water partition coefficient (Wildman–Crippen LogP) is 4.24. The zero-order valence-electron chi connectivity index (χ0n) is 19.7. The van der Waals surface area contributed by atoms with Crippen LogP contribution >= 0.6 is 11.6 Å². The number of ether oxygens (including phenoxy) is 1. The smallest absolute Gasteiger partial charge is 0.264 e. The number of fused-ring (bicyclic) bond motifs is 2. The lowest BCUT2D eigenvalue weighted by atomic mass is 9.78. The summed E-state index contributed by atoms with van der Waals surface area (Å²) in [5, 5.41) is 6.99. The summed E-state index contributed by atoms with van der Waals surface area (Å²) >= 11 is 5.99. The second-order valence-corrected chi connectivity index (χ2v) is 10.9. The molecule has 2 aromatic rings. The Balaban J connectivity index is 1.08. The zero-order chi connectivity index (χ0) is 24.0. The van der Waals surface area contributed by atoms with Crippen LogP contribution in [-0.4, -0.2) is 46.6 Å². The summed E-state index contributed by atoms with van der Waals surface area (Å²) in [6.07, 6.45) is 10.3. The first-order valence-electron chi connectivity index (χ1n) is 12.8. The van der Waals surface area contributed by atoms with E-state index in [4.69, 9.17) is 16.3 Å². The summed E-state index contributed by atoms with van der Waals surface area (Å²) < 4.78 is 6.19. The van der Waals surface area contributed by atoms with Gasteiger partial charge < -0.3 is 20.3 Å². The minimum atomic E-state index is -0.775. The first-order valence-corrected chi connectivity index (χ1v) is 13.2. The van der Waals surface area contributed by atoms with Crippen LogP contribution in [-0.2, 0) is 4.79 Å². The van der Waals surface area contributed by atoms with Crippen molar-refractivity contribution in [2.24, 2.45) is 0 Å². The number of rotatable bonds is 7. The van der Waals surface area contributed by atoms with Gasteiger partial charge in [-0.3, -0.25) is 9.59 Å². The molecule has 1 aromatic carbocycles. The molecule has 2 saturated carbocycles. The van der Waals surface area contributed by atoms with Crippen molar-refractivity contribution in [2.75, 3.05) is 4.90 Å². The first kappa shape index (κ1) is 22.7. The monoisotopic (exact) mass is 494 g/mol. The predicted molar refractivity (Wildman–Crippen MR) is 134 cm³/mol. The molecule has 2 amide bonds. The van der Waals surface area contributed by atoms with Gasteiger partial charge in [0.1, 0.15) is 11.6 Å². The van der Waals surface area contributed by atoms with Crippen LogP contribution in [0.2, 0.25) is 5.02 Å². The maximum absolute atomic E-state index is 13.3.